The van der Waals surface area contributed by atoms with Gasteiger partial charge in [-0.3, -0.25) is 4.79 Å². The summed E-state index contributed by atoms with van der Waals surface area (Å²) >= 11 is 0. The first-order chi connectivity index (χ1) is 10.1. The molecule has 1 aliphatic rings. The summed E-state index contributed by atoms with van der Waals surface area (Å²) in [4.78, 5) is 12.2. The predicted molar refractivity (Wildman–Crippen MR) is 78.3 cm³/mol. The molecule has 2 aromatic rings. The van der Waals surface area contributed by atoms with Crippen LogP contribution in [0.25, 0.3) is 0 Å². The first-order valence-corrected chi connectivity index (χ1v) is 6.76. The van der Waals surface area contributed by atoms with Crippen LogP contribution in [0.15, 0.2) is 36.4 Å². The highest BCUT2D eigenvalue weighted by atomic mass is 16.7. The number of Topliss-reactive ketones (excluding diaryl/α,β-unsaturated/α-hetero) is 1. The van der Waals surface area contributed by atoms with Crippen molar-refractivity contribution < 1.29 is 19.0 Å². The molecule has 0 radical (unpaired) electrons. The fraction of sp³-hybridized carbons (Fsp3) is 0.235. The second-order valence-electron chi connectivity index (χ2n) is 5.05. The second kappa shape index (κ2) is 5.48. The first kappa shape index (κ1) is 13.5. The number of ketones is 1. The van der Waals surface area contributed by atoms with Gasteiger partial charge in [0.05, 0.1) is 0 Å². The summed E-state index contributed by atoms with van der Waals surface area (Å²) in [6.07, 6.45) is 0. The molecule has 4 heteroatoms. The number of fused-ring (bicyclic) bond motifs is 1. The third kappa shape index (κ3) is 2.84. The largest absolute Gasteiger partial charge is 0.485 e. The fourth-order valence-corrected chi connectivity index (χ4v) is 2.32. The average Bonchev–Trinajstić information content (AvgIpc) is 2.92. The number of rotatable bonds is 4. The van der Waals surface area contributed by atoms with Crippen molar-refractivity contribution in [3.63, 3.8) is 0 Å². The molecule has 0 aliphatic carbocycles. The van der Waals surface area contributed by atoms with E-state index in [0.29, 0.717) is 22.8 Å². The van der Waals surface area contributed by atoms with Gasteiger partial charge in [0.15, 0.2) is 23.9 Å². The zero-order valence-electron chi connectivity index (χ0n) is 12.0. The van der Waals surface area contributed by atoms with Gasteiger partial charge in [0.1, 0.15) is 5.75 Å². The Morgan fingerprint density at radius 2 is 1.90 bits per heavy atom. The standard InChI is InChI=1S/C17H16O4/c1-11-3-5-14(12(2)7-11)15(18)9-19-13-4-6-16-17(8-13)21-10-20-16/h3-8H,9-10H2,1-2H3. The van der Waals surface area contributed by atoms with E-state index in [1.54, 1.807) is 18.2 Å². The van der Waals surface area contributed by atoms with E-state index in [1.165, 1.54) is 0 Å². The summed E-state index contributed by atoms with van der Waals surface area (Å²) in [5.74, 6) is 1.90. The topological polar surface area (TPSA) is 44.8 Å². The summed E-state index contributed by atoms with van der Waals surface area (Å²) in [5.41, 5.74) is 2.80. The van der Waals surface area contributed by atoms with Crippen LogP contribution in [0.5, 0.6) is 17.2 Å². The maximum absolute atomic E-state index is 12.2. The molecule has 0 spiro atoms. The lowest BCUT2D eigenvalue weighted by Crippen LogP contribution is -2.13. The molecule has 0 aromatic heterocycles. The normalized spacial score (nSPS) is 12.3. The molecule has 0 saturated carbocycles. The summed E-state index contributed by atoms with van der Waals surface area (Å²) < 4.78 is 16.1. The number of benzene rings is 2. The highest BCUT2D eigenvalue weighted by Gasteiger charge is 2.15. The van der Waals surface area contributed by atoms with Crippen molar-refractivity contribution in [2.24, 2.45) is 0 Å². The molecule has 108 valence electrons. The number of hydrogen-bond acceptors (Lipinski definition) is 4. The van der Waals surface area contributed by atoms with Gasteiger partial charge in [-0.25, -0.2) is 0 Å². The van der Waals surface area contributed by atoms with Gasteiger partial charge < -0.3 is 14.2 Å². The Labute approximate surface area is 123 Å². The minimum absolute atomic E-state index is 0.00352. The molecule has 3 rings (SSSR count). The Morgan fingerprint density at radius 3 is 2.71 bits per heavy atom. The minimum atomic E-state index is -0.0369. The maximum Gasteiger partial charge on any atom is 0.231 e. The van der Waals surface area contributed by atoms with Crippen molar-refractivity contribution in [1.82, 2.24) is 0 Å². The van der Waals surface area contributed by atoms with Gasteiger partial charge in [-0.15, -0.1) is 0 Å². The quantitative estimate of drug-likeness (QED) is 0.808. The van der Waals surface area contributed by atoms with E-state index in [1.807, 2.05) is 32.0 Å². The molecule has 2 aromatic carbocycles. The van der Waals surface area contributed by atoms with Crippen molar-refractivity contribution in [2.45, 2.75) is 13.8 Å². The third-order valence-electron chi connectivity index (χ3n) is 3.40. The molecule has 0 bridgehead atoms. The molecule has 0 fully saturated rings. The van der Waals surface area contributed by atoms with E-state index in [-0.39, 0.29) is 19.2 Å². The van der Waals surface area contributed by atoms with E-state index in [0.717, 1.165) is 11.1 Å². The molecule has 1 aliphatic heterocycles. The van der Waals surface area contributed by atoms with Crippen LogP contribution in [-0.2, 0) is 0 Å². The Morgan fingerprint density at radius 1 is 1.10 bits per heavy atom. The molecule has 0 unspecified atom stereocenters. The summed E-state index contributed by atoms with van der Waals surface area (Å²) in [5, 5.41) is 0. The van der Waals surface area contributed by atoms with Crippen LogP contribution in [0.2, 0.25) is 0 Å². The van der Waals surface area contributed by atoms with E-state index in [4.69, 9.17) is 14.2 Å². The summed E-state index contributed by atoms with van der Waals surface area (Å²) in [6.45, 7) is 4.16. The monoisotopic (exact) mass is 284 g/mol. The SMILES string of the molecule is Cc1ccc(C(=O)COc2ccc3c(c2)OCO3)c(C)c1. The molecule has 4 nitrogen and oxygen atoms in total. The second-order valence-corrected chi connectivity index (χ2v) is 5.05. The van der Waals surface area contributed by atoms with Gasteiger partial charge >= 0.3 is 0 Å². The lowest BCUT2D eigenvalue weighted by atomic mass is 10.0. The Bertz CT molecular complexity index is 691. The summed E-state index contributed by atoms with van der Waals surface area (Å²) in [7, 11) is 0. The molecular formula is C17H16O4. The van der Waals surface area contributed by atoms with Gasteiger partial charge in [-0.2, -0.15) is 0 Å². The van der Waals surface area contributed by atoms with Crippen molar-refractivity contribution in [3.05, 3.63) is 53.1 Å². The van der Waals surface area contributed by atoms with Gasteiger partial charge in [-0.05, 0) is 31.5 Å². The van der Waals surface area contributed by atoms with Gasteiger partial charge in [-0.1, -0.05) is 23.8 Å². The van der Waals surface area contributed by atoms with Crippen molar-refractivity contribution >= 4 is 5.78 Å². The number of ether oxygens (including phenoxy) is 3. The molecular weight excluding hydrogens is 268 g/mol. The molecule has 21 heavy (non-hydrogen) atoms. The van der Waals surface area contributed by atoms with E-state index >= 15 is 0 Å². The number of carbonyl (C=O) groups is 1. The predicted octanol–water partition coefficient (Wildman–Crippen LogP) is 3.29. The van der Waals surface area contributed by atoms with Crippen LogP contribution in [0.3, 0.4) is 0 Å². The molecule has 0 N–H and O–H groups in total. The zero-order chi connectivity index (χ0) is 14.8. The van der Waals surface area contributed by atoms with Crippen LogP contribution in [0, 0.1) is 13.8 Å². The highest BCUT2D eigenvalue weighted by molar-refractivity contribution is 5.98. The molecule has 0 saturated heterocycles. The van der Waals surface area contributed by atoms with E-state index < -0.39 is 0 Å². The lowest BCUT2D eigenvalue weighted by molar-refractivity contribution is 0.0920. The number of carbonyl (C=O) groups excluding carboxylic acids is 1. The maximum atomic E-state index is 12.2. The van der Waals surface area contributed by atoms with Crippen molar-refractivity contribution in [3.8, 4) is 17.2 Å². The van der Waals surface area contributed by atoms with Crippen LogP contribution in [0.1, 0.15) is 21.5 Å². The van der Waals surface area contributed by atoms with E-state index in [9.17, 15) is 4.79 Å². The van der Waals surface area contributed by atoms with Crippen molar-refractivity contribution in [2.75, 3.05) is 13.4 Å². The zero-order valence-corrected chi connectivity index (χ0v) is 12.0. The van der Waals surface area contributed by atoms with Gasteiger partial charge in [0, 0.05) is 11.6 Å². The van der Waals surface area contributed by atoms with Crippen LogP contribution < -0.4 is 14.2 Å². The Balaban J connectivity index is 1.68. The average molecular weight is 284 g/mol. The minimum Gasteiger partial charge on any atom is -0.485 e. The van der Waals surface area contributed by atoms with Crippen LogP contribution in [0.4, 0.5) is 0 Å². The summed E-state index contributed by atoms with van der Waals surface area (Å²) in [6, 6.07) is 11.0. The number of hydrogen-bond donors (Lipinski definition) is 0. The third-order valence-corrected chi connectivity index (χ3v) is 3.40. The van der Waals surface area contributed by atoms with E-state index in [2.05, 4.69) is 0 Å². The van der Waals surface area contributed by atoms with Crippen molar-refractivity contribution in [1.29, 1.82) is 0 Å². The lowest BCUT2D eigenvalue weighted by Gasteiger charge is -2.08. The molecule has 1 heterocycles. The van der Waals surface area contributed by atoms with Crippen LogP contribution in [-0.4, -0.2) is 19.2 Å². The highest BCUT2D eigenvalue weighted by Crippen LogP contribution is 2.35. The Kier molecular flexibility index (Phi) is 3.52. The van der Waals surface area contributed by atoms with Gasteiger partial charge in [0.25, 0.3) is 0 Å². The smallest absolute Gasteiger partial charge is 0.231 e. The molecule has 0 atom stereocenters. The Hall–Kier alpha value is -2.49. The molecule has 0 amide bonds. The fourth-order valence-electron chi connectivity index (χ4n) is 2.32. The number of aryl methyl sites for hydroxylation is 2. The van der Waals surface area contributed by atoms with Crippen LogP contribution >= 0.6 is 0 Å². The van der Waals surface area contributed by atoms with Gasteiger partial charge in [0.2, 0.25) is 6.79 Å². The first-order valence-electron chi connectivity index (χ1n) is 6.76.